The van der Waals surface area contributed by atoms with Crippen molar-refractivity contribution in [3.63, 3.8) is 0 Å². The summed E-state index contributed by atoms with van der Waals surface area (Å²) < 4.78 is 0. The van der Waals surface area contributed by atoms with Gasteiger partial charge in [-0.2, -0.15) is 0 Å². The molecule has 0 atom stereocenters. The summed E-state index contributed by atoms with van der Waals surface area (Å²) in [5.74, 6) is 1.22. The van der Waals surface area contributed by atoms with Crippen molar-refractivity contribution in [3.05, 3.63) is 56.6 Å². The van der Waals surface area contributed by atoms with Gasteiger partial charge >= 0.3 is 0 Å². The van der Waals surface area contributed by atoms with E-state index in [9.17, 15) is 4.79 Å². The monoisotopic (exact) mass is 440 g/mol. The van der Waals surface area contributed by atoms with E-state index in [1.165, 1.54) is 22.7 Å². The molecule has 0 unspecified atom stereocenters. The summed E-state index contributed by atoms with van der Waals surface area (Å²) in [6, 6.07) is 7.54. The first-order valence-electron chi connectivity index (χ1n) is 9.30. The van der Waals surface area contributed by atoms with E-state index < -0.39 is 0 Å². The van der Waals surface area contributed by atoms with E-state index in [1.54, 1.807) is 0 Å². The lowest BCUT2D eigenvalue weighted by molar-refractivity contribution is 0.103. The molecule has 3 aromatic heterocycles. The number of anilines is 1. The fourth-order valence-electron chi connectivity index (χ4n) is 3.38. The summed E-state index contributed by atoms with van der Waals surface area (Å²) in [5.41, 5.74) is 3.47. The third-order valence-corrected chi connectivity index (χ3v) is 7.28. The molecule has 1 amide bonds. The number of nitrogens with zero attached hydrogens (tertiary/aromatic N) is 3. The molecule has 0 saturated heterocycles. The SMILES string of the molecule is Cc1nc(C2CC2)nc2sc(C(=O)Nc3nc(-c4ccccc4Cl)cs3)c(C)c12. The molecule has 1 aliphatic carbocycles. The van der Waals surface area contributed by atoms with E-state index >= 15 is 0 Å². The Bertz CT molecular complexity index is 1260. The molecule has 5 nitrogen and oxygen atoms in total. The van der Waals surface area contributed by atoms with Crippen LogP contribution in [0.2, 0.25) is 5.02 Å². The molecule has 5 rings (SSSR count). The molecule has 1 fully saturated rings. The number of aromatic nitrogens is 3. The molecule has 146 valence electrons. The number of hydrogen-bond donors (Lipinski definition) is 1. The van der Waals surface area contributed by atoms with E-state index in [0.29, 0.717) is 20.9 Å². The maximum Gasteiger partial charge on any atom is 0.267 e. The maximum absolute atomic E-state index is 13.0. The molecular weight excluding hydrogens is 424 g/mol. The highest BCUT2D eigenvalue weighted by molar-refractivity contribution is 7.21. The van der Waals surface area contributed by atoms with Crippen LogP contribution in [0.4, 0.5) is 5.13 Å². The number of halogens is 1. The van der Waals surface area contributed by atoms with Crippen LogP contribution in [0.5, 0.6) is 0 Å². The average Bonchev–Trinajstić information content (AvgIpc) is 3.36. The molecule has 0 bridgehead atoms. The molecule has 1 aliphatic rings. The summed E-state index contributed by atoms with van der Waals surface area (Å²) in [6.45, 7) is 3.95. The second-order valence-corrected chi connectivity index (χ2v) is 9.41. The Morgan fingerprint density at radius 1 is 1.17 bits per heavy atom. The molecule has 4 aromatic rings. The van der Waals surface area contributed by atoms with E-state index in [2.05, 4.69) is 15.3 Å². The third kappa shape index (κ3) is 3.43. The van der Waals surface area contributed by atoms with Gasteiger partial charge in [0.2, 0.25) is 0 Å². The summed E-state index contributed by atoms with van der Waals surface area (Å²) in [5, 5.41) is 6.99. The number of carbonyl (C=O) groups excluding carboxylic acids is 1. The molecule has 0 aliphatic heterocycles. The lowest BCUT2D eigenvalue weighted by Gasteiger charge is -2.02. The van der Waals surface area contributed by atoms with Crippen molar-refractivity contribution in [1.29, 1.82) is 0 Å². The number of aryl methyl sites for hydroxylation is 2. The Labute approximate surface area is 180 Å². The summed E-state index contributed by atoms with van der Waals surface area (Å²) in [7, 11) is 0. The number of fused-ring (bicyclic) bond motifs is 1. The van der Waals surface area contributed by atoms with Gasteiger partial charge in [0, 0.05) is 27.3 Å². The van der Waals surface area contributed by atoms with Crippen LogP contribution in [0.15, 0.2) is 29.6 Å². The van der Waals surface area contributed by atoms with E-state index in [4.69, 9.17) is 16.6 Å². The van der Waals surface area contributed by atoms with Crippen LogP contribution in [0.1, 0.15) is 45.5 Å². The van der Waals surface area contributed by atoms with E-state index in [1.807, 2.05) is 43.5 Å². The van der Waals surface area contributed by atoms with Gasteiger partial charge in [-0.25, -0.2) is 15.0 Å². The van der Waals surface area contributed by atoms with Crippen molar-refractivity contribution >= 4 is 55.5 Å². The number of benzene rings is 1. The molecule has 1 aromatic carbocycles. The van der Waals surface area contributed by atoms with Crippen LogP contribution in [0.3, 0.4) is 0 Å². The number of thiazole rings is 1. The number of amides is 1. The van der Waals surface area contributed by atoms with Crippen LogP contribution in [0, 0.1) is 13.8 Å². The van der Waals surface area contributed by atoms with Crippen molar-refractivity contribution in [2.75, 3.05) is 5.32 Å². The Morgan fingerprint density at radius 3 is 2.72 bits per heavy atom. The number of thiophene rings is 1. The standard InChI is InChI=1S/C21H17ClN4OS2/c1-10-16-11(2)23-18(12-7-8-12)25-20(16)29-17(10)19(27)26-21-24-15(9-28-21)13-5-3-4-6-14(13)22/h3-6,9,12H,7-8H2,1-2H3,(H,24,26,27). The second-order valence-electron chi connectivity index (χ2n) is 7.15. The van der Waals surface area contributed by atoms with Gasteiger partial charge in [-0.05, 0) is 38.3 Å². The number of rotatable bonds is 4. The molecule has 1 N–H and O–H groups in total. The molecule has 1 saturated carbocycles. The van der Waals surface area contributed by atoms with Gasteiger partial charge in [-0.3, -0.25) is 10.1 Å². The first kappa shape index (κ1) is 18.7. The first-order chi connectivity index (χ1) is 14.0. The van der Waals surface area contributed by atoms with Crippen molar-refractivity contribution < 1.29 is 4.79 Å². The Hall–Kier alpha value is -2.35. The zero-order valence-corrected chi connectivity index (χ0v) is 18.2. The van der Waals surface area contributed by atoms with Crippen molar-refractivity contribution in [1.82, 2.24) is 15.0 Å². The highest BCUT2D eigenvalue weighted by Crippen LogP contribution is 2.40. The lowest BCUT2D eigenvalue weighted by atomic mass is 10.1. The number of carbonyl (C=O) groups is 1. The number of hydrogen-bond acceptors (Lipinski definition) is 6. The van der Waals surface area contributed by atoms with Gasteiger partial charge in [0.1, 0.15) is 10.7 Å². The molecule has 0 radical (unpaired) electrons. The molecule has 0 spiro atoms. The van der Waals surface area contributed by atoms with Gasteiger partial charge in [-0.1, -0.05) is 29.8 Å². The topological polar surface area (TPSA) is 67.8 Å². The Kier molecular flexibility index (Phi) is 4.61. The smallest absolute Gasteiger partial charge is 0.267 e. The second kappa shape index (κ2) is 7.16. The normalized spacial score (nSPS) is 13.8. The van der Waals surface area contributed by atoms with Gasteiger partial charge in [0.25, 0.3) is 5.91 Å². The largest absolute Gasteiger partial charge is 0.297 e. The van der Waals surface area contributed by atoms with Gasteiger partial charge in [-0.15, -0.1) is 22.7 Å². The van der Waals surface area contributed by atoms with Gasteiger partial charge in [0.05, 0.1) is 16.3 Å². The summed E-state index contributed by atoms with van der Waals surface area (Å²) in [4.78, 5) is 28.4. The summed E-state index contributed by atoms with van der Waals surface area (Å²) in [6.07, 6.45) is 2.31. The van der Waals surface area contributed by atoms with Crippen molar-refractivity contribution in [3.8, 4) is 11.3 Å². The predicted molar refractivity (Wildman–Crippen MR) is 119 cm³/mol. The minimum absolute atomic E-state index is 0.169. The van der Waals surface area contributed by atoms with Gasteiger partial charge < -0.3 is 0 Å². The zero-order valence-electron chi connectivity index (χ0n) is 15.8. The van der Waals surface area contributed by atoms with Crippen LogP contribution in [-0.2, 0) is 0 Å². The van der Waals surface area contributed by atoms with Gasteiger partial charge in [0.15, 0.2) is 5.13 Å². The van der Waals surface area contributed by atoms with E-state index in [-0.39, 0.29) is 5.91 Å². The molecular formula is C21H17ClN4OS2. The first-order valence-corrected chi connectivity index (χ1v) is 11.4. The lowest BCUT2D eigenvalue weighted by Crippen LogP contribution is -2.11. The van der Waals surface area contributed by atoms with Crippen molar-refractivity contribution in [2.24, 2.45) is 0 Å². The predicted octanol–water partition coefficient (Wildman–Crippen LogP) is 6.21. The maximum atomic E-state index is 13.0. The Morgan fingerprint density at radius 2 is 1.97 bits per heavy atom. The third-order valence-electron chi connectivity index (χ3n) is 5.01. The Balaban J connectivity index is 1.44. The van der Waals surface area contributed by atoms with Crippen LogP contribution < -0.4 is 5.32 Å². The fraction of sp³-hybridized carbons (Fsp3) is 0.238. The zero-order chi connectivity index (χ0) is 20.1. The van der Waals surface area contributed by atoms with Crippen LogP contribution in [-0.4, -0.2) is 20.9 Å². The molecule has 8 heteroatoms. The quantitative estimate of drug-likeness (QED) is 0.409. The highest BCUT2D eigenvalue weighted by atomic mass is 35.5. The minimum atomic E-state index is -0.169. The molecule has 3 heterocycles. The van der Waals surface area contributed by atoms with E-state index in [0.717, 1.165) is 51.4 Å². The minimum Gasteiger partial charge on any atom is -0.297 e. The summed E-state index contributed by atoms with van der Waals surface area (Å²) >= 11 is 9.06. The van der Waals surface area contributed by atoms with Crippen LogP contribution >= 0.6 is 34.3 Å². The highest BCUT2D eigenvalue weighted by Gasteiger charge is 2.28. The average molecular weight is 441 g/mol. The molecule has 29 heavy (non-hydrogen) atoms. The fourth-order valence-corrected chi connectivity index (χ4v) is 5.45. The van der Waals surface area contributed by atoms with Crippen LogP contribution in [0.25, 0.3) is 21.5 Å². The van der Waals surface area contributed by atoms with Crippen molar-refractivity contribution in [2.45, 2.75) is 32.6 Å². The number of nitrogens with one attached hydrogen (secondary N) is 1.